The number of aliphatic hydroxyl groups excluding tert-OH is 2. The van der Waals surface area contributed by atoms with Crippen LogP contribution in [0.5, 0.6) is 0 Å². The number of hydrogen-bond acceptors (Lipinski definition) is 24. The molecule has 0 spiro atoms. The number of nitro benzene ring substituents is 5. The van der Waals surface area contributed by atoms with E-state index < -0.39 is 73.2 Å². The summed E-state index contributed by atoms with van der Waals surface area (Å²) in [6.45, 7) is 4.04. The third kappa shape index (κ3) is 31.5. The summed E-state index contributed by atoms with van der Waals surface area (Å²) in [7, 11) is -2.06. The quantitative estimate of drug-likeness (QED) is 0.00833. The van der Waals surface area contributed by atoms with Crippen molar-refractivity contribution < 1.29 is 119 Å². The molecule has 0 saturated carbocycles. The molecule has 124 heavy (non-hydrogen) atoms. The van der Waals surface area contributed by atoms with E-state index in [0.29, 0.717) is 21.5 Å². The van der Waals surface area contributed by atoms with Gasteiger partial charge in [0.2, 0.25) is 10.0 Å². The number of halogens is 5. The van der Waals surface area contributed by atoms with Crippen LogP contribution in [0, 0.1) is 50.6 Å². The van der Waals surface area contributed by atoms with Crippen molar-refractivity contribution in [1.82, 2.24) is 17.0 Å². The summed E-state index contributed by atoms with van der Waals surface area (Å²) >= 11 is 15.9. The molecule has 652 valence electrons. The van der Waals surface area contributed by atoms with Gasteiger partial charge in [-0.05, 0) is 207 Å². The summed E-state index contributed by atoms with van der Waals surface area (Å²) in [6.07, 6.45) is 7.08. The topological polar surface area (TPSA) is 567 Å². The van der Waals surface area contributed by atoms with Crippen molar-refractivity contribution in [2.45, 2.75) is 73.0 Å². The molecule has 0 radical (unpaired) electrons. The minimum absolute atomic E-state index is 0. The molecule has 13 N–H and O–H groups in total. The van der Waals surface area contributed by atoms with Crippen LogP contribution in [-0.2, 0) is 83.9 Å². The largest absolute Gasteiger partial charge is 1.00 e. The van der Waals surface area contributed by atoms with E-state index >= 15 is 0 Å². The Balaban J connectivity index is 0.000000370. The molecule has 0 amide bonds. The van der Waals surface area contributed by atoms with Gasteiger partial charge in [0.15, 0.2) is 0 Å². The summed E-state index contributed by atoms with van der Waals surface area (Å²) in [5, 5.41) is 87.4. The molecular weight excluding hydrogens is 1830 g/mol. The van der Waals surface area contributed by atoms with Gasteiger partial charge in [0.1, 0.15) is 17.5 Å². The monoisotopic (exact) mass is 1910 g/mol. The van der Waals surface area contributed by atoms with Crippen LogP contribution < -0.4 is 46.6 Å². The number of ether oxygens (including phenoxy) is 1. The summed E-state index contributed by atoms with van der Waals surface area (Å²) < 4.78 is 77.3. The molecule has 0 bridgehead atoms. The molecule has 1 aliphatic heterocycles. The smallest absolute Gasteiger partial charge is 0.870 e. The molecule has 41 heteroatoms. The maximum atomic E-state index is 12.9. The van der Waals surface area contributed by atoms with Gasteiger partial charge in [0.05, 0.1) is 76.5 Å². The Hall–Kier alpha value is -10.1. The second-order valence-corrected chi connectivity index (χ2v) is 32.6. The molecule has 1 heterocycles. The molecule has 4 aliphatic rings. The number of epoxide rings is 1. The van der Waals surface area contributed by atoms with Gasteiger partial charge in [-0.2, -0.15) is 3.74 Å². The Morgan fingerprint density at radius 3 is 1.27 bits per heavy atom. The zero-order valence-corrected chi connectivity index (χ0v) is 74.8. The molecule has 12 aromatic rings. The number of rotatable bonds is 19. The van der Waals surface area contributed by atoms with Crippen molar-refractivity contribution in [1.29, 1.82) is 0 Å². The van der Waals surface area contributed by atoms with Crippen LogP contribution >= 0.6 is 61.7 Å². The normalized spacial score (nSPS) is 12.9. The number of sulfonamides is 1. The first-order chi connectivity index (χ1) is 56.7. The van der Waals surface area contributed by atoms with E-state index in [1.54, 1.807) is 72.8 Å². The average Bonchev–Trinajstić information content (AvgIpc) is 1.65. The number of aliphatic hydroxyl groups is 2. The van der Waals surface area contributed by atoms with E-state index in [2.05, 4.69) is 79.2 Å². The van der Waals surface area contributed by atoms with Gasteiger partial charge in [0, 0.05) is 99.0 Å². The first-order valence-electron chi connectivity index (χ1n) is 35.6. The fraction of sp³-hybridized carbons (Fsp3) is 0.169. The average molecular weight is 1920 g/mol. The zero-order valence-electron chi connectivity index (χ0n) is 65.7. The number of nitrogens with zero attached hydrogens (tertiary/aromatic N) is 5. The third-order valence-electron chi connectivity index (χ3n) is 18.4. The summed E-state index contributed by atoms with van der Waals surface area (Å²) in [5.74, 6) is -0.875. The summed E-state index contributed by atoms with van der Waals surface area (Å²) in [5.41, 5.74) is 12.3. The molecule has 0 aromatic heterocycles. The number of nitro groups is 5. The maximum Gasteiger partial charge on any atom is 1.00 e. The first kappa shape index (κ1) is 108. The predicted octanol–water partition coefficient (Wildman–Crippen LogP) is 15.3. The van der Waals surface area contributed by atoms with Gasteiger partial charge >= 0.3 is 35.5 Å². The number of aryl methyl sites for hydroxylation is 7. The fourth-order valence-corrected chi connectivity index (χ4v) is 15.6. The van der Waals surface area contributed by atoms with Crippen molar-refractivity contribution in [3.8, 4) is 0 Å². The molecule has 16 rings (SSSR count). The van der Waals surface area contributed by atoms with Crippen molar-refractivity contribution in [2.75, 3.05) is 24.4 Å². The minimum Gasteiger partial charge on any atom is -0.870 e. The molecule has 1 saturated heterocycles. The molecule has 32 nitrogen and oxygen atoms in total. The Labute approximate surface area is 763 Å². The Bertz CT molecular complexity index is 5850. The van der Waals surface area contributed by atoms with Crippen LogP contribution in [0.1, 0.15) is 89.9 Å². The summed E-state index contributed by atoms with van der Waals surface area (Å²) in [4.78, 5) is 60.2. The number of aromatic carboxylic acids is 1. The van der Waals surface area contributed by atoms with Gasteiger partial charge in [-0.3, -0.25) is 50.6 Å². The van der Waals surface area contributed by atoms with Crippen LogP contribution in [-0.4, -0.2) is 107 Å². The maximum absolute atomic E-state index is 12.9. The van der Waals surface area contributed by atoms with Gasteiger partial charge < -0.3 is 47.9 Å². The van der Waals surface area contributed by atoms with Crippen molar-refractivity contribution in [2.24, 2.45) is 0 Å². The van der Waals surface area contributed by atoms with E-state index in [4.69, 9.17) is 52.5 Å². The standard InChI is InChI=1S/C20H18N2O5S.C12H9ClO2S.C12H10.C8H8BrNO2.C8H8ClNO3.C8H7NO3.C8H7NO2.C7H5ClO2.ClHO3S.2H3N.Na.2H2O/c23-18(13-6-9-16(10-7-13)22(24)25)12-21-28(26,27)19-11-8-15-5-4-14-2-1-3-17(19)20(14)15;13-16(14,15)11-7-6-9-5-4-8-2-1-3-10(11)12(8)9;1-3-9-4-2-6-11-8-7-10(5-1)12(9)11;9-6-5-7-1-3-8(4-2-7)10(11)12;9-5-8(11)6-1-3-7(4-2-6)10(12)13;10-9(11)7-3-1-6(2-4-7)8-5-12-8;1-2-7-3-5-8(6-4-7)9(10)11;8-6-3-1-2-5(4-6)7(9)10;1-4-5(2)3;;;;;/h1-3,6-11,18,21,23H,4-5,12H2;1-3,6-7H,4-5H2;1-6H,7-8H2;1-4H,5-6H2;1-4,8,11H,5H2;1-4,8H,5H2;2-6H,1H2;1-4H,(H,9,10);(H,2,3);2*1H3;;2*1H2/q;;;;;;;;;;;+1;;/p-2. The van der Waals surface area contributed by atoms with Crippen molar-refractivity contribution >= 4 is 165 Å². The molecular formula is C83H81BrCl4N8NaO24S3-. The number of non-ortho nitro benzene ring substituents is 5. The van der Waals surface area contributed by atoms with Gasteiger partial charge in [-0.15, -0.1) is 11.6 Å². The third-order valence-corrected chi connectivity index (χ3v) is 22.6. The number of hydrogen-bond donors (Lipinski definition) is 6. The Kier molecular flexibility index (Phi) is 45.3. The Morgan fingerprint density at radius 1 is 0.565 bits per heavy atom. The van der Waals surface area contributed by atoms with Crippen LogP contribution in [0.25, 0.3) is 38.4 Å². The van der Waals surface area contributed by atoms with E-state index in [1.165, 1.54) is 143 Å². The van der Waals surface area contributed by atoms with E-state index in [1.807, 2.05) is 42.5 Å². The van der Waals surface area contributed by atoms with Crippen LogP contribution in [0.2, 0.25) is 5.02 Å². The second-order valence-electron chi connectivity index (χ2n) is 25.9. The van der Waals surface area contributed by atoms with Crippen LogP contribution in [0.15, 0.2) is 259 Å². The molecule has 12 aromatic carbocycles. The number of alkyl halides is 2. The van der Waals surface area contributed by atoms with E-state index in [9.17, 15) is 82.4 Å². The SMILES string of the molecule is C=Cc1ccc([N+](=O)[O-])cc1.N.N.O.O=C(O)c1cccc(Cl)c1.O=S(=O)(Cl)c1ccc2c3c(cccc13)CC2.O=S([O-])OCl.O=[N+]([O-])c1ccc(C(O)CCl)cc1.O=[N+]([O-])c1ccc(C(O)CNS(=O)(=O)c2ccc3c4c(cccc24)CC3)cc1.O=[N+]([O-])c1ccc(C2CO2)cc1.O=[N+]([O-])c1ccc(CCBr)cc1.[Na+].[OH-].c1cc2c3c(cccc3c1)CC2. The van der Waals surface area contributed by atoms with Crippen molar-refractivity contribution in [3.05, 3.63) is 372 Å². The second kappa shape index (κ2) is 52.0. The van der Waals surface area contributed by atoms with E-state index in [-0.39, 0.29) is 115 Å². The summed E-state index contributed by atoms with van der Waals surface area (Å²) in [6, 6.07) is 68.0. The van der Waals surface area contributed by atoms with Crippen molar-refractivity contribution in [3.63, 3.8) is 0 Å². The molecule has 4 atom stereocenters. The number of benzene rings is 12. The predicted molar refractivity (Wildman–Crippen MR) is 475 cm³/mol. The first-order valence-corrected chi connectivity index (χ1v) is 42.7. The fourth-order valence-electron chi connectivity index (χ4n) is 12.5. The van der Waals surface area contributed by atoms with E-state index in [0.717, 1.165) is 88.0 Å². The number of carboxylic acid groups (broad SMARTS) is 1. The van der Waals surface area contributed by atoms with Crippen LogP contribution in [0.3, 0.4) is 0 Å². The Morgan fingerprint density at radius 2 is 0.919 bits per heavy atom. The number of carboxylic acids is 1. The van der Waals surface area contributed by atoms with Gasteiger partial charge in [-0.1, -0.05) is 143 Å². The van der Waals surface area contributed by atoms with Gasteiger partial charge in [-0.25, -0.2) is 30.6 Å². The molecule has 4 unspecified atom stereocenters. The zero-order chi connectivity index (χ0) is 86.7. The van der Waals surface area contributed by atoms with Gasteiger partial charge in [0.25, 0.3) is 37.5 Å². The minimum atomic E-state index is -3.84. The van der Waals surface area contributed by atoms with Crippen LogP contribution in [0.4, 0.5) is 28.4 Å². The number of carbonyl (C=O) groups is 1. The molecule has 3 aliphatic carbocycles. The molecule has 1 fully saturated rings. The number of nitrogens with one attached hydrogen (secondary N) is 1.